The fraction of sp³-hybridized carbons (Fsp3) is 0.286. The summed E-state index contributed by atoms with van der Waals surface area (Å²) in [6.45, 7) is 18.7. The third kappa shape index (κ3) is 6.79. The van der Waals surface area contributed by atoms with Crippen LogP contribution in [-0.2, 0) is 29.2 Å². The predicted octanol–water partition coefficient (Wildman–Crippen LogP) is 13.7. The van der Waals surface area contributed by atoms with Crippen molar-refractivity contribution in [1.29, 1.82) is 0 Å². The van der Waals surface area contributed by atoms with E-state index in [0.717, 1.165) is 12.8 Å². The molecule has 0 nitrogen and oxygen atoms in total. The zero-order chi connectivity index (χ0) is 42.1. The van der Waals surface area contributed by atoms with Crippen LogP contribution in [0.3, 0.4) is 0 Å². The molecule has 2 aliphatic carbocycles. The monoisotopic (exact) mass is 919 g/mol. The molecule has 0 amide bonds. The Bertz CT molecular complexity index is 2580. The summed E-state index contributed by atoms with van der Waals surface area (Å²) in [6.07, 6.45) is 7.13. The second-order valence-electron chi connectivity index (χ2n) is 19.4. The third-order valence-corrected chi connectivity index (χ3v) is 36.4. The number of allylic oxidation sites excluding steroid dienone is 2. The first-order valence-corrected chi connectivity index (χ1v) is 34.2. The van der Waals surface area contributed by atoms with E-state index >= 15 is 0 Å². The second-order valence-corrected chi connectivity index (χ2v) is 41.8. The molecule has 0 bridgehead atoms. The molecule has 6 aromatic rings. The van der Waals surface area contributed by atoms with Crippen LogP contribution in [0.15, 0.2) is 139 Å². The quantitative estimate of drug-likeness (QED) is 0.113. The predicted molar refractivity (Wildman–Crippen MR) is 263 cm³/mol. The van der Waals surface area contributed by atoms with Crippen molar-refractivity contribution in [2.45, 2.75) is 75.5 Å². The molecule has 305 valence electrons. The van der Waals surface area contributed by atoms with Crippen molar-refractivity contribution >= 4 is 52.3 Å². The Morgan fingerprint density at radius 1 is 0.467 bits per heavy atom. The van der Waals surface area contributed by atoms with Crippen LogP contribution in [0, 0.1) is 23.7 Å². The number of fused-ring (bicyclic) bond motifs is 5. The third-order valence-electron chi connectivity index (χ3n) is 13.8. The van der Waals surface area contributed by atoms with Gasteiger partial charge in [-0.05, 0) is 0 Å². The number of hydrogen-bond acceptors (Lipinski definition) is 0. The van der Waals surface area contributed by atoms with Gasteiger partial charge in [0.05, 0.1) is 0 Å². The molecule has 60 heavy (non-hydrogen) atoms. The van der Waals surface area contributed by atoms with Gasteiger partial charge < -0.3 is 0 Å². The Kier molecular flexibility index (Phi) is 11.1. The van der Waals surface area contributed by atoms with Crippen molar-refractivity contribution in [2.24, 2.45) is 23.7 Å². The van der Waals surface area contributed by atoms with E-state index in [0.29, 0.717) is 11.8 Å². The molecule has 0 spiro atoms. The van der Waals surface area contributed by atoms with Crippen LogP contribution in [0.2, 0.25) is 0 Å². The Morgan fingerprint density at radius 2 is 0.883 bits per heavy atom. The topological polar surface area (TPSA) is 0 Å². The Labute approximate surface area is 370 Å². The van der Waals surface area contributed by atoms with Gasteiger partial charge in [-0.1, -0.05) is 0 Å². The summed E-state index contributed by atoms with van der Waals surface area (Å²) in [6, 6.07) is 48.3. The summed E-state index contributed by atoms with van der Waals surface area (Å²) >= 11 is -5.68. The summed E-state index contributed by atoms with van der Waals surface area (Å²) in [4.78, 5) is 0. The van der Waals surface area contributed by atoms with E-state index in [-0.39, 0.29) is 19.1 Å². The van der Waals surface area contributed by atoms with E-state index in [4.69, 9.17) is 0 Å². The van der Waals surface area contributed by atoms with Crippen LogP contribution < -0.4 is 13.6 Å². The van der Waals surface area contributed by atoms with Gasteiger partial charge in [-0.3, -0.25) is 0 Å². The molecule has 2 unspecified atom stereocenters. The van der Waals surface area contributed by atoms with Gasteiger partial charge in [-0.25, -0.2) is 0 Å². The van der Waals surface area contributed by atoms with Gasteiger partial charge in [0.1, 0.15) is 0 Å². The van der Waals surface area contributed by atoms with Crippen molar-refractivity contribution in [1.82, 2.24) is 0 Å². The van der Waals surface area contributed by atoms with E-state index in [1.54, 1.807) is 0 Å². The number of halogens is 2. The molecule has 0 saturated carbocycles. The Balaban J connectivity index is 1.36. The van der Waals surface area contributed by atoms with Gasteiger partial charge in [0, 0.05) is 0 Å². The standard InChI is InChI=1S/2C22H25.C12H9Si.2ClH.Zr/c2*1-15(2)12-17-8-5-6-10-20(17)21-11-7-9-18-13-19(16(3)4)14-22(18)21;1-3-7-11-9(5-1)10-6-2-4-8-12(10)13-11;;;/h2*5-11,13-16H,12H2,1-4H3;1-7H,13H2;2*1H;/q;;;;;+2/p-2. The van der Waals surface area contributed by atoms with E-state index in [1.165, 1.54) is 91.6 Å². The Morgan fingerprint density at radius 3 is 1.37 bits per heavy atom. The normalized spacial score (nSPS) is 17.8. The maximum atomic E-state index is 9.40. The fourth-order valence-electron chi connectivity index (χ4n) is 11.4. The molecule has 1 aliphatic heterocycles. The van der Waals surface area contributed by atoms with Gasteiger partial charge in [-0.2, -0.15) is 0 Å². The van der Waals surface area contributed by atoms with Crippen molar-refractivity contribution < 1.29 is 16.4 Å². The van der Waals surface area contributed by atoms with Gasteiger partial charge >= 0.3 is 373 Å². The molecule has 0 aromatic heterocycles. The van der Waals surface area contributed by atoms with Gasteiger partial charge in [-0.15, -0.1) is 0 Å². The van der Waals surface area contributed by atoms with Crippen LogP contribution >= 0.6 is 17.0 Å². The van der Waals surface area contributed by atoms with Crippen LogP contribution in [-0.4, -0.2) is 9.52 Å². The zero-order valence-corrected chi connectivity index (χ0v) is 42.0. The van der Waals surface area contributed by atoms with Gasteiger partial charge in [0.15, 0.2) is 0 Å². The van der Waals surface area contributed by atoms with E-state index in [2.05, 4.69) is 195 Å². The summed E-state index contributed by atoms with van der Waals surface area (Å²) in [5.41, 5.74) is 18.8. The molecule has 0 saturated heterocycles. The van der Waals surface area contributed by atoms with E-state index in [9.17, 15) is 17.0 Å². The van der Waals surface area contributed by atoms with Crippen LogP contribution in [0.5, 0.6) is 0 Å². The van der Waals surface area contributed by atoms with Crippen molar-refractivity contribution in [3.63, 3.8) is 0 Å². The van der Waals surface area contributed by atoms with E-state index < -0.39 is 25.9 Å². The van der Waals surface area contributed by atoms with Crippen molar-refractivity contribution in [3.8, 4) is 33.4 Å². The van der Waals surface area contributed by atoms with Crippen molar-refractivity contribution in [3.05, 3.63) is 172 Å². The maximum absolute atomic E-state index is 9.40. The molecule has 1 heterocycles. The first kappa shape index (κ1) is 41.8. The van der Waals surface area contributed by atoms with Crippen LogP contribution in [0.1, 0.15) is 96.0 Å². The molecular weight excluding hydrogens is 863 g/mol. The molecular formula is C56H59Cl2SiZr. The second kappa shape index (κ2) is 16.0. The summed E-state index contributed by atoms with van der Waals surface area (Å²) in [5.74, 6) is 1.60. The van der Waals surface area contributed by atoms with Crippen LogP contribution in [0.25, 0.3) is 45.5 Å². The average molecular weight is 922 g/mol. The average Bonchev–Trinajstić information content (AvgIpc) is 3.94. The molecule has 3 aliphatic rings. The first-order valence-electron chi connectivity index (χ1n) is 22.4. The SMILES string of the molecule is CC(C)Cc1ccccc1-c1cccc2c1C=C(C(C)C)[CH]2[Zr]([Cl])([Cl])([c]1cccc2c1[SiH2]c1ccccc1-2)[CH]1C(C(C)C)=Cc2c(-c3ccccc3CC(C)C)cccc21. The van der Waals surface area contributed by atoms with E-state index in [1.807, 2.05) is 0 Å². The van der Waals surface area contributed by atoms with Gasteiger partial charge in [0.2, 0.25) is 0 Å². The molecule has 0 N–H and O–H groups in total. The molecule has 9 rings (SSSR count). The summed E-state index contributed by atoms with van der Waals surface area (Å²) in [7, 11) is 17.9. The summed E-state index contributed by atoms with van der Waals surface area (Å²) < 4.78 is 1.08. The van der Waals surface area contributed by atoms with Crippen molar-refractivity contribution in [2.75, 3.05) is 0 Å². The molecule has 2 atom stereocenters. The minimum atomic E-state index is -5.68. The Hall–Kier alpha value is -3.52. The minimum absolute atomic E-state index is 0.110. The molecule has 0 fully saturated rings. The number of benzene rings is 6. The van der Waals surface area contributed by atoms with Crippen LogP contribution in [0.4, 0.5) is 0 Å². The zero-order valence-electron chi connectivity index (χ0n) is 36.6. The number of rotatable bonds is 11. The molecule has 6 aromatic carbocycles. The molecule has 0 radical (unpaired) electrons. The number of hydrogen-bond donors (Lipinski definition) is 0. The summed E-state index contributed by atoms with van der Waals surface area (Å²) in [5, 5.41) is 2.97. The fourth-order valence-corrected chi connectivity index (χ4v) is 39.6. The molecule has 4 heteroatoms. The van der Waals surface area contributed by atoms with Gasteiger partial charge in [0.25, 0.3) is 0 Å². The first-order chi connectivity index (χ1) is 28.8.